The van der Waals surface area contributed by atoms with Crippen LogP contribution < -0.4 is 5.32 Å². The zero-order valence-electron chi connectivity index (χ0n) is 19.0. The molecule has 1 saturated heterocycles. The van der Waals surface area contributed by atoms with Gasteiger partial charge >= 0.3 is 12.4 Å². The average molecular weight is 529 g/mol. The fourth-order valence-corrected chi connectivity index (χ4v) is 5.23. The number of alkyl halides is 6. The van der Waals surface area contributed by atoms with E-state index in [4.69, 9.17) is 0 Å². The summed E-state index contributed by atoms with van der Waals surface area (Å²) in [6.45, 7) is 1.49. The van der Waals surface area contributed by atoms with Crippen molar-refractivity contribution in [2.24, 2.45) is 5.92 Å². The van der Waals surface area contributed by atoms with E-state index in [0.717, 1.165) is 17.7 Å². The van der Waals surface area contributed by atoms with Crippen LogP contribution in [0, 0.1) is 12.8 Å². The van der Waals surface area contributed by atoms with Crippen molar-refractivity contribution in [3.8, 4) is 10.4 Å². The number of amides is 1. The number of benzene rings is 1. The van der Waals surface area contributed by atoms with Crippen molar-refractivity contribution in [2.45, 2.75) is 38.2 Å². The standard InChI is InChI=1S/C24H22F6N4OS/c1-14-33-20(21(36-14)15-6-3-2-4-7-15)22(35)34-11-5-8-17(24(28,29)30)18(34)13-32-19-10-9-16(12-31-19)23(25,26)27/h2-4,6-7,9-10,12,17-18H,5,8,11,13H2,1H3,(H,31,32)/t17-,18?/m1/s1. The van der Waals surface area contributed by atoms with Gasteiger partial charge in [-0.1, -0.05) is 30.3 Å². The molecule has 36 heavy (non-hydrogen) atoms. The van der Waals surface area contributed by atoms with Gasteiger partial charge < -0.3 is 10.2 Å². The number of pyridine rings is 1. The van der Waals surface area contributed by atoms with Gasteiger partial charge in [0, 0.05) is 19.3 Å². The summed E-state index contributed by atoms with van der Waals surface area (Å²) >= 11 is 1.28. The third-order valence-corrected chi connectivity index (χ3v) is 7.04. The number of nitrogens with zero attached hydrogens (tertiary/aromatic N) is 3. The third-order valence-electron chi connectivity index (χ3n) is 6.02. The summed E-state index contributed by atoms with van der Waals surface area (Å²) in [5.41, 5.74) is -0.147. The molecule has 3 heterocycles. The van der Waals surface area contributed by atoms with Gasteiger partial charge in [0.2, 0.25) is 0 Å². The quantitative estimate of drug-likeness (QED) is 0.388. The van der Waals surface area contributed by atoms with Crippen molar-refractivity contribution in [1.82, 2.24) is 14.9 Å². The van der Waals surface area contributed by atoms with Gasteiger partial charge in [-0.3, -0.25) is 4.79 Å². The maximum Gasteiger partial charge on any atom is 0.417 e. The Morgan fingerprint density at radius 2 is 1.83 bits per heavy atom. The number of rotatable bonds is 5. The molecule has 12 heteroatoms. The van der Waals surface area contributed by atoms with Gasteiger partial charge in [0.25, 0.3) is 5.91 Å². The van der Waals surface area contributed by atoms with Crippen LogP contribution in [0.1, 0.15) is 33.9 Å². The first-order chi connectivity index (χ1) is 16.9. The monoisotopic (exact) mass is 528 g/mol. The second-order valence-corrected chi connectivity index (χ2v) is 9.65. The molecule has 5 nitrogen and oxygen atoms in total. The molecule has 1 aromatic carbocycles. The van der Waals surface area contributed by atoms with Crippen molar-refractivity contribution in [3.05, 3.63) is 64.9 Å². The molecule has 1 amide bonds. The van der Waals surface area contributed by atoms with E-state index in [2.05, 4.69) is 15.3 Å². The smallest absolute Gasteiger partial charge is 0.368 e. The number of carbonyl (C=O) groups excluding carboxylic acids is 1. The summed E-state index contributed by atoms with van der Waals surface area (Å²) in [5.74, 6) is -2.44. The molecule has 1 aliphatic rings. The van der Waals surface area contributed by atoms with Crippen LogP contribution in [0.25, 0.3) is 10.4 Å². The molecule has 1 N–H and O–H groups in total. The highest BCUT2D eigenvalue weighted by Gasteiger charge is 2.49. The number of carbonyl (C=O) groups is 1. The molecule has 0 aliphatic carbocycles. The summed E-state index contributed by atoms with van der Waals surface area (Å²) in [4.78, 5) is 23.4. The van der Waals surface area contributed by atoms with Gasteiger partial charge in [-0.05, 0) is 37.5 Å². The van der Waals surface area contributed by atoms with Crippen LogP contribution in [0.5, 0.6) is 0 Å². The van der Waals surface area contributed by atoms with Gasteiger partial charge in [-0.15, -0.1) is 11.3 Å². The number of aromatic nitrogens is 2. The van der Waals surface area contributed by atoms with E-state index in [9.17, 15) is 31.1 Å². The SMILES string of the molecule is Cc1nc(C(=O)N2CCC[C@@H](C(F)(F)F)C2CNc2ccc(C(F)(F)F)cn2)c(-c2ccccc2)s1. The number of piperidine rings is 1. The molecule has 0 saturated carbocycles. The molecule has 0 spiro atoms. The summed E-state index contributed by atoms with van der Waals surface area (Å²) < 4.78 is 80.3. The lowest BCUT2D eigenvalue weighted by atomic mass is 9.88. The number of aryl methyl sites for hydroxylation is 1. The highest BCUT2D eigenvalue weighted by atomic mass is 32.1. The number of hydrogen-bond acceptors (Lipinski definition) is 5. The Morgan fingerprint density at radius 3 is 2.44 bits per heavy atom. The number of thiazole rings is 1. The number of nitrogens with one attached hydrogen (secondary N) is 1. The summed E-state index contributed by atoms with van der Waals surface area (Å²) in [6.07, 6.45) is -8.55. The van der Waals surface area contributed by atoms with Gasteiger partial charge in [0.05, 0.1) is 27.4 Å². The van der Waals surface area contributed by atoms with Crippen molar-refractivity contribution in [2.75, 3.05) is 18.4 Å². The molecule has 1 aliphatic heterocycles. The first-order valence-electron chi connectivity index (χ1n) is 11.1. The lowest BCUT2D eigenvalue weighted by Crippen LogP contribution is -2.55. The van der Waals surface area contributed by atoms with Gasteiger partial charge in [0.15, 0.2) is 0 Å². The van der Waals surface area contributed by atoms with E-state index in [0.29, 0.717) is 16.1 Å². The predicted molar refractivity (Wildman–Crippen MR) is 124 cm³/mol. The van der Waals surface area contributed by atoms with Crippen LogP contribution in [0.4, 0.5) is 32.2 Å². The number of anilines is 1. The van der Waals surface area contributed by atoms with Crippen LogP contribution in [0.3, 0.4) is 0 Å². The minimum Gasteiger partial charge on any atom is -0.368 e. The Bertz CT molecular complexity index is 1190. The minimum absolute atomic E-state index is 0.0172. The molecule has 1 unspecified atom stereocenters. The second kappa shape index (κ2) is 10.1. The molecular weight excluding hydrogens is 506 g/mol. The fourth-order valence-electron chi connectivity index (χ4n) is 4.31. The molecule has 2 atom stereocenters. The highest BCUT2D eigenvalue weighted by Crippen LogP contribution is 2.39. The van der Waals surface area contributed by atoms with Gasteiger partial charge in [0.1, 0.15) is 11.5 Å². The zero-order chi connectivity index (χ0) is 26.1. The lowest BCUT2D eigenvalue weighted by Gasteiger charge is -2.42. The van der Waals surface area contributed by atoms with Gasteiger partial charge in [-0.25, -0.2) is 9.97 Å². The zero-order valence-corrected chi connectivity index (χ0v) is 19.8. The normalized spacial score (nSPS) is 18.8. The lowest BCUT2D eigenvalue weighted by molar-refractivity contribution is -0.196. The fraction of sp³-hybridized carbons (Fsp3) is 0.375. The van der Waals surface area contributed by atoms with Gasteiger partial charge in [-0.2, -0.15) is 26.3 Å². The molecule has 3 aromatic rings. The summed E-state index contributed by atoms with van der Waals surface area (Å²) in [5, 5.41) is 3.29. The molecule has 0 bridgehead atoms. The van der Waals surface area contributed by atoms with Crippen LogP contribution in [-0.4, -0.2) is 46.1 Å². The van der Waals surface area contributed by atoms with E-state index < -0.39 is 35.8 Å². The van der Waals surface area contributed by atoms with Crippen molar-refractivity contribution >= 4 is 23.1 Å². The topological polar surface area (TPSA) is 58.1 Å². The molecular formula is C24H22F6N4OS. The summed E-state index contributed by atoms with van der Waals surface area (Å²) in [7, 11) is 0. The molecule has 2 aromatic heterocycles. The third kappa shape index (κ3) is 5.63. The van der Waals surface area contributed by atoms with Crippen LogP contribution in [0.15, 0.2) is 48.7 Å². The van der Waals surface area contributed by atoms with Crippen LogP contribution >= 0.6 is 11.3 Å². The van der Waals surface area contributed by atoms with Crippen LogP contribution in [0.2, 0.25) is 0 Å². The Labute approximate surface area is 207 Å². The maximum absolute atomic E-state index is 14.0. The van der Waals surface area contributed by atoms with E-state index in [1.165, 1.54) is 16.2 Å². The number of hydrogen-bond donors (Lipinski definition) is 1. The maximum atomic E-state index is 14.0. The second-order valence-electron chi connectivity index (χ2n) is 8.44. The van der Waals surface area contributed by atoms with E-state index >= 15 is 0 Å². The van der Waals surface area contributed by atoms with Crippen molar-refractivity contribution < 1.29 is 31.1 Å². The van der Waals surface area contributed by atoms with Crippen molar-refractivity contribution in [1.29, 1.82) is 0 Å². The Balaban J connectivity index is 1.62. The minimum atomic E-state index is -4.58. The van der Waals surface area contributed by atoms with Crippen LogP contribution in [-0.2, 0) is 6.18 Å². The summed E-state index contributed by atoms with van der Waals surface area (Å²) in [6, 6.07) is 9.56. The molecule has 192 valence electrons. The van der Waals surface area contributed by atoms with E-state index in [1.807, 2.05) is 6.07 Å². The predicted octanol–water partition coefficient (Wildman–Crippen LogP) is 6.43. The highest BCUT2D eigenvalue weighted by molar-refractivity contribution is 7.15. The van der Waals surface area contributed by atoms with Crippen molar-refractivity contribution in [3.63, 3.8) is 0 Å². The van der Waals surface area contributed by atoms with E-state index in [-0.39, 0.29) is 37.4 Å². The molecule has 0 radical (unpaired) electrons. The number of halogens is 6. The molecule has 4 rings (SSSR count). The van der Waals surface area contributed by atoms with E-state index in [1.54, 1.807) is 31.2 Å². The number of likely N-dealkylation sites (tertiary alicyclic amines) is 1. The first-order valence-corrected chi connectivity index (χ1v) is 11.9. The Morgan fingerprint density at radius 1 is 1.11 bits per heavy atom. The Kier molecular flexibility index (Phi) is 7.26. The first kappa shape index (κ1) is 25.9. The largest absolute Gasteiger partial charge is 0.417 e. The Hall–Kier alpha value is -3.15. The molecule has 1 fully saturated rings. The average Bonchev–Trinajstić information content (AvgIpc) is 3.23.